The number of carbonyl (C=O) groups is 4. The number of nitrogens with one attached hydrogen (secondary N) is 2. The molecule has 0 spiro atoms. The van der Waals surface area contributed by atoms with Crippen LogP contribution in [0.4, 0.5) is 10.5 Å². The summed E-state index contributed by atoms with van der Waals surface area (Å²) in [6.07, 6.45) is 0.267. The van der Waals surface area contributed by atoms with Gasteiger partial charge < -0.3 is 15.0 Å². The first-order valence-electron chi connectivity index (χ1n) is 8.27. The lowest BCUT2D eigenvalue weighted by atomic mass is 10.1. The second-order valence-corrected chi connectivity index (χ2v) is 6.19. The highest BCUT2D eigenvalue weighted by Gasteiger charge is 2.31. The molecule has 0 aliphatic carbocycles. The minimum Gasteiger partial charge on any atom is -0.383 e. The van der Waals surface area contributed by atoms with Crippen molar-refractivity contribution in [2.45, 2.75) is 12.5 Å². The minimum atomic E-state index is -0.479. The highest BCUT2D eigenvalue weighted by atomic mass is 16.5. The maximum Gasteiger partial charge on any atom is 0.329 e. The van der Waals surface area contributed by atoms with Crippen molar-refractivity contribution in [2.24, 2.45) is 0 Å². The number of likely N-dealkylation sites (tertiary alicyclic amines) is 1. The predicted molar refractivity (Wildman–Crippen MR) is 91.7 cm³/mol. The molecule has 2 aliphatic heterocycles. The third kappa shape index (κ3) is 3.83. The lowest BCUT2D eigenvalue weighted by Gasteiger charge is -2.17. The summed E-state index contributed by atoms with van der Waals surface area (Å²) in [5, 5.41) is 5.04. The molecule has 1 unspecified atom stereocenters. The van der Waals surface area contributed by atoms with E-state index in [1.807, 2.05) is 0 Å². The van der Waals surface area contributed by atoms with Gasteiger partial charge in [0.1, 0.15) is 6.54 Å². The Morgan fingerprint density at radius 1 is 1.27 bits per heavy atom. The molecule has 2 fully saturated rings. The van der Waals surface area contributed by atoms with E-state index in [-0.39, 0.29) is 36.7 Å². The van der Waals surface area contributed by atoms with Crippen LogP contribution in [0.25, 0.3) is 0 Å². The zero-order chi connectivity index (χ0) is 18.7. The van der Waals surface area contributed by atoms with Gasteiger partial charge in [0.2, 0.25) is 11.8 Å². The zero-order valence-electron chi connectivity index (χ0n) is 14.4. The van der Waals surface area contributed by atoms with Crippen LogP contribution >= 0.6 is 0 Å². The van der Waals surface area contributed by atoms with Crippen molar-refractivity contribution < 1.29 is 23.9 Å². The van der Waals surface area contributed by atoms with E-state index in [1.54, 1.807) is 36.3 Å². The fourth-order valence-electron chi connectivity index (χ4n) is 3.00. The van der Waals surface area contributed by atoms with Crippen LogP contribution in [0.5, 0.6) is 0 Å². The Bertz CT molecular complexity index is 733. The number of methoxy groups -OCH3 is 1. The van der Waals surface area contributed by atoms with E-state index in [1.165, 1.54) is 4.90 Å². The number of hydrogen-bond donors (Lipinski definition) is 2. The van der Waals surface area contributed by atoms with E-state index in [2.05, 4.69) is 10.6 Å². The molecule has 1 atom stereocenters. The lowest BCUT2D eigenvalue weighted by molar-refractivity contribution is -0.128. The Labute approximate surface area is 150 Å². The number of imide groups is 1. The Balaban J connectivity index is 1.58. The van der Waals surface area contributed by atoms with Gasteiger partial charge in [0, 0.05) is 37.9 Å². The van der Waals surface area contributed by atoms with Gasteiger partial charge in [0.15, 0.2) is 0 Å². The molecular weight excluding hydrogens is 340 g/mol. The van der Waals surface area contributed by atoms with Gasteiger partial charge in [-0.15, -0.1) is 0 Å². The first-order chi connectivity index (χ1) is 12.5. The van der Waals surface area contributed by atoms with Crippen LogP contribution in [0.3, 0.4) is 0 Å². The third-order valence-corrected chi connectivity index (χ3v) is 4.35. The van der Waals surface area contributed by atoms with E-state index in [0.717, 1.165) is 0 Å². The minimum absolute atomic E-state index is 0.00703. The number of rotatable bonds is 6. The topological polar surface area (TPSA) is 108 Å². The number of hydrogen-bond acceptors (Lipinski definition) is 5. The van der Waals surface area contributed by atoms with Crippen molar-refractivity contribution in [1.82, 2.24) is 15.5 Å². The average Bonchev–Trinajstić information content (AvgIpc) is 3.14. The van der Waals surface area contributed by atoms with Gasteiger partial charge >= 0.3 is 6.03 Å². The highest BCUT2D eigenvalue weighted by molar-refractivity contribution is 6.12. The number of carbonyl (C=O) groups excluding carboxylic acids is 4. The summed E-state index contributed by atoms with van der Waals surface area (Å²) in [6.45, 7) is 1.39. The fourth-order valence-corrected chi connectivity index (χ4v) is 3.00. The summed E-state index contributed by atoms with van der Waals surface area (Å²) in [5.74, 6) is -0.655. The molecule has 2 heterocycles. The molecule has 26 heavy (non-hydrogen) atoms. The van der Waals surface area contributed by atoms with E-state index >= 15 is 0 Å². The number of amides is 5. The van der Waals surface area contributed by atoms with Crippen molar-refractivity contribution in [3.8, 4) is 0 Å². The molecule has 1 aromatic carbocycles. The molecule has 0 radical (unpaired) electrons. The standard InChI is InChI=1S/C17H20N4O5/c1-26-7-6-20-9-12(8-15(20)23)18-16(24)11-2-4-13(5-3-11)21-10-14(22)19-17(21)25/h2-5,12H,6-10H2,1H3,(H,18,24)(H,19,22,25). The van der Waals surface area contributed by atoms with E-state index in [0.29, 0.717) is 30.9 Å². The molecule has 2 saturated heterocycles. The van der Waals surface area contributed by atoms with Crippen LogP contribution in [0.1, 0.15) is 16.8 Å². The molecule has 9 nitrogen and oxygen atoms in total. The molecule has 2 N–H and O–H groups in total. The molecule has 0 saturated carbocycles. The maximum atomic E-state index is 12.4. The van der Waals surface area contributed by atoms with Gasteiger partial charge in [0.25, 0.3) is 5.91 Å². The summed E-state index contributed by atoms with van der Waals surface area (Å²) in [6, 6.07) is 5.66. The largest absolute Gasteiger partial charge is 0.383 e. The third-order valence-electron chi connectivity index (χ3n) is 4.35. The lowest BCUT2D eigenvalue weighted by Crippen LogP contribution is -2.37. The van der Waals surface area contributed by atoms with Crippen LogP contribution in [-0.4, -0.2) is 68.0 Å². The van der Waals surface area contributed by atoms with Crippen LogP contribution in [0.2, 0.25) is 0 Å². The Hall–Kier alpha value is -2.94. The second-order valence-electron chi connectivity index (χ2n) is 6.19. The Morgan fingerprint density at radius 2 is 2.00 bits per heavy atom. The summed E-state index contributed by atoms with van der Waals surface area (Å²) in [4.78, 5) is 50.1. The molecular formula is C17H20N4O5. The van der Waals surface area contributed by atoms with Crippen LogP contribution in [0, 0.1) is 0 Å². The quantitative estimate of drug-likeness (QED) is 0.679. The smallest absolute Gasteiger partial charge is 0.329 e. The first kappa shape index (κ1) is 17.9. The van der Waals surface area contributed by atoms with Crippen LogP contribution in [-0.2, 0) is 14.3 Å². The Kier molecular flexibility index (Phi) is 5.17. The van der Waals surface area contributed by atoms with Gasteiger partial charge in [-0.1, -0.05) is 0 Å². The van der Waals surface area contributed by atoms with E-state index < -0.39 is 6.03 Å². The van der Waals surface area contributed by atoms with Crippen molar-refractivity contribution in [3.05, 3.63) is 29.8 Å². The molecule has 3 rings (SSSR count). The highest BCUT2D eigenvalue weighted by Crippen LogP contribution is 2.18. The molecule has 0 bridgehead atoms. The number of urea groups is 1. The summed E-state index contributed by atoms with van der Waals surface area (Å²) < 4.78 is 4.97. The predicted octanol–water partition coefficient (Wildman–Crippen LogP) is -0.280. The monoisotopic (exact) mass is 360 g/mol. The molecule has 9 heteroatoms. The van der Waals surface area contributed by atoms with Crippen LogP contribution < -0.4 is 15.5 Å². The number of anilines is 1. The zero-order valence-corrected chi connectivity index (χ0v) is 14.4. The molecule has 0 aromatic heterocycles. The first-order valence-corrected chi connectivity index (χ1v) is 8.27. The average molecular weight is 360 g/mol. The normalized spacial score (nSPS) is 19.9. The molecule has 138 valence electrons. The van der Waals surface area contributed by atoms with Gasteiger partial charge in [-0.05, 0) is 24.3 Å². The number of nitrogens with zero attached hydrogens (tertiary/aromatic N) is 2. The van der Waals surface area contributed by atoms with Gasteiger partial charge in [-0.2, -0.15) is 0 Å². The van der Waals surface area contributed by atoms with E-state index in [9.17, 15) is 19.2 Å². The van der Waals surface area contributed by atoms with Crippen molar-refractivity contribution in [1.29, 1.82) is 0 Å². The van der Waals surface area contributed by atoms with Crippen LogP contribution in [0.15, 0.2) is 24.3 Å². The van der Waals surface area contributed by atoms with Crippen molar-refractivity contribution >= 4 is 29.4 Å². The van der Waals surface area contributed by atoms with Crippen molar-refractivity contribution in [3.63, 3.8) is 0 Å². The van der Waals surface area contributed by atoms with Gasteiger partial charge in [-0.3, -0.25) is 24.6 Å². The van der Waals surface area contributed by atoms with Crippen molar-refractivity contribution in [2.75, 3.05) is 38.3 Å². The fraction of sp³-hybridized carbons (Fsp3) is 0.412. The second kappa shape index (κ2) is 7.52. The summed E-state index contributed by atoms with van der Waals surface area (Å²) in [5.41, 5.74) is 0.953. The SMILES string of the molecule is COCCN1CC(NC(=O)c2ccc(N3CC(=O)NC3=O)cc2)CC1=O. The number of benzene rings is 1. The Morgan fingerprint density at radius 3 is 2.62 bits per heavy atom. The molecule has 2 aliphatic rings. The summed E-state index contributed by atoms with van der Waals surface area (Å²) in [7, 11) is 1.57. The van der Waals surface area contributed by atoms with Gasteiger partial charge in [-0.25, -0.2) is 4.79 Å². The van der Waals surface area contributed by atoms with Gasteiger partial charge in [0.05, 0.1) is 12.6 Å². The number of ether oxygens (including phenoxy) is 1. The maximum absolute atomic E-state index is 12.4. The summed E-state index contributed by atoms with van der Waals surface area (Å²) >= 11 is 0. The molecule has 5 amide bonds. The molecule has 1 aromatic rings. The van der Waals surface area contributed by atoms with E-state index in [4.69, 9.17) is 4.74 Å².